The van der Waals surface area contributed by atoms with Gasteiger partial charge < -0.3 is 4.74 Å². The molecule has 0 amide bonds. The number of nitrogens with one attached hydrogen (secondary N) is 1. The average molecular weight is 186 g/mol. The molecule has 1 radical (unpaired) electrons. The molecule has 2 heteroatoms. The lowest BCUT2D eigenvalue weighted by molar-refractivity contribution is 0.341. The molecule has 1 N–H and O–H groups in total. The third-order valence-electron chi connectivity index (χ3n) is 2.19. The van der Waals surface area contributed by atoms with Gasteiger partial charge >= 0.3 is 0 Å². The standard InChI is InChI=1S/C12H12NO/c1-2-14-11-8-7-9-5-3-4-6-10(9)12(11)13/h3-8,13H,2H2,1H3. The van der Waals surface area contributed by atoms with E-state index in [4.69, 9.17) is 10.5 Å². The van der Waals surface area contributed by atoms with E-state index in [0.29, 0.717) is 18.0 Å². The van der Waals surface area contributed by atoms with Crippen LogP contribution in [-0.4, -0.2) is 6.61 Å². The Bertz CT molecular complexity index is 451. The van der Waals surface area contributed by atoms with Crippen molar-refractivity contribution in [2.24, 2.45) is 0 Å². The number of ether oxygens (including phenoxy) is 1. The van der Waals surface area contributed by atoms with Crippen LogP contribution >= 0.6 is 0 Å². The summed E-state index contributed by atoms with van der Waals surface area (Å²) in [6.07, 6.45) is 0. The van der Waals surface area contributed by atoms with Crippen LogP contribution in [0.2, 0.25) is 0 Å². The van der Waals surface area contributed by atoms with Crippen LogP contribution in [0.25, 0.3) is 10.8 Å². The SMILES string of the molecule is CCOc1ccc2ccccc2c1[NH]. The summed E-state index contributed by atoms with van der Waals surface area (Å²) >= 11 is 0. The summed E-state index contributed by atoms with van der Waals surface area (Å²) in [6, 6.07) is 11.7. The summed E-state index contributed by atoms with van der Waals surface area (Å²) in [7, 11) is 0. The summed E-state index contributed by atoms with van der Waals surface area (Å²) in [6.45, 7) is 2.53. The first kappa shape index (κ1) is 8.88. The normalized spacial score (nSPS) is 10.4. The molecule has 0 fully saturated rings. The minimum absolute atomic E-state index is 0.477. The van der Waals surface area contributed by atoms with Crippen molar-refractivity contribution < 1.29 is 4.74 Å². The Morgan fingerprint density at radius 2 is 1.93 bits per heavy atom. The predicted octanol–water partition coefficient (Wildman–Crippen LogP) is 3.15. The fourth-order valence-corrected chi connectivity index (χ4v) is 1.53. The van der Waals surface area contributed by atoms with Crippen molar-refractivity contribution in [3.05, 3.63) is 36.4 Å². The zero-order valence-electron chi connectivity index (χ0n) is 8.08. The van der Waals surface area contributed by atoms with Crippen LogP contribution in [0.3, 0.4) is 0 Å². The van der Waals surface area contributed by atoms with E-state index in [1.54, 1.807) is 0 Å². The molecule has 2 aromatic carbocycles. The van der Waals surface area contributed by atoms with Crippen LogP contribution in [0.1, 0.15) is 6.92 Å². The smallest absolute Gasteiger partial charge is 0.144 e. The topological polar surface area (TPSA) is 33.0 Å². The van der Waals surface area contributed by atoms with Gasteiger partial charge in [0.2, 0.25) is 0 Å². The third kappa shape index (κ3) is 1.39. The molecule has 2 rings (SSSR count). The molecule has 2 nitrogen and oxygen atoms in total. The summed E-state index contributed by atoms with van der Waals surface area (Å²) in [5.74, 6) is 0.659. The fraction of sp³-hybridized carbons (Fsp3) is 0.167. The Balaban J connectivity index is 2.63. The van der Waals surface area contributed by atoms with E-state index in [-0.39, 0.29) is 0 Å². The first-order valence-electron chi connectivity index (χ1n) is 4.69. The van der Waals surface area contributed by atoms with E-state index in [2.05, 4.69) is 0 Å². The lowest BCUT2D eigenvalue weighted by atomic mass is 10.1. The predicted molar refractivity (Wildman–Crippen MR) is 57.9 cm³/mol. The van der Waals surface area contributed by atoms with Crippen LogP contribution in [-0.2, 0) is 0 Å². The molecule has 71 valence electrons. The Hall–Kier alpha value is -1.70. The van der Waals surface area contributed by atoms with Gasteiger partial charge in [0.15, 0.2) is 0 Å². The Kier molecular flexibility index (Phi) is 2.27. The fourth-order valence-electron chi connectivity index (χ4n) is 1.53. The van der Waals surface area contributed by atoms with E-state index in [9.17, 15) is 0 Å². The summed E-state index contributed by atoms with van der Waals surface area (Å²) in [5.41, 5.74) is 8.39. The highest BCUT2D eigenvalue weighted by Crippen LogP contribution is 2.31. The molecule has 2 aromatic rings. The van der Waals surface area contributed by atoms with E-state index in [1.165, 1.54) is 0 Å². The number of hydrogen-bond acceptors (Lipinski definition) is 1. The Morgan fingerprint density at radius 1 is 1.14 bits per heavy atom. The molecule has 0 bridgehead atoms. The van der Waals surface area contributed by atoms with Gasteiger partial charge in [0.05, 0.1) is 6.61 Å². The van der Waals surface area contributed by atoms with Gasteiger partial charge in [-0.3, -0.25) is 5.73 Å². The highest BCUT2D eigenvalue weighted by atomic mass is 16.5. The molecule has 0 aliphatic heterocycles. The molecule has 0 heterocycles. The Morgan fingerprint density at radius 3 is 2.71 bits per heavy atom. The summed E-state index contributed by atoms with van der Waals surface area (Å²) in [4.78, 5) is 0. The van der Waals surface area contributed by atoms with E-state index in [1.807, 2.05) is 43.3 Å². The highest BCUT2D eigenvalue weighted by molar-refractivity contribution is 5.94. The van der Waals surface area contributed by atoms with Crippen molar-refractivity contribution in [3.8, 4) is 5.75 Å². The van der Waals surface area contributed by atoms with Gasteiger partial charge in [-0.05, 0) is 18.4 Å². The number of benzene rings is 2. The van der Waals surface area contributed by atoms with Gasteiger partial charge in [-0.25, -0.2) is 0 Å². The van der Waals surface area contributed by atoms with Crippen LogP contribution < -0.4 is 10.5 Å². The van der Waals surface area contributed by atoms with E-state index >= 15 is 0 Å². The molecule has 0 aromatic heterocycles. The molecule has 0 saturated heterocycles. The zero-order valence-corrected chi connectivity index (χ0v) is 8.08. The summed E-state index contributed by atoms with van der Waals surface area (Å²) in [5, 5.41) is 2.03. The molecular weight excluding hydrogens is 174 g/mol. The quantitative estimate of drug-likeness (QED) is 0.709. The molecule has 0 atom stereocenters. The molecular formula is C12H12NO. The maximum absolute atomic E-state index is 7.92. The second-order valence-corrected chi connectivity index (χ2v) is 3.09. The summed E-state index contributed by atoms with van der Waals surface area (Å²) < 4.78 is 5.36. The average Bonchev–Trinajstić information content (AvgIpc) is 2.23. The van der Waals surface area contributed by atoms with Crippen LogP contribution in [0, 0.1) is 0 Å². The molecule has 0 saturated carbocycles. The van der Waals surface area contributed by atoms with Gasteiger partial charge in [-0.15, -0.1) is 0 Å². The number of rotatable bonds is 2. The Labute approximate surface area is 83.3 Å². The monoisotopic (exact) mass is 186 g/mol. The maximum atomic E-state index is 7.92. The largest absolute Gasteiger partial charge is 0.492 e. The minimum Gasteiger partial charge on any atom is -0.492 e. The molecule has 0 spiro atoms. The zero-order chi connectivity index (χ0) is 9.97. The maximum Gasteiger partial charge on any atom is 0.144 e. The van der Waals surface area contributed by atoms with Crippen molar-refractivity contribution in [3.63, 3.8) is 0 Å². The van der Waals surface area contributed by atoms with Gasteiger partial charge in [0, 0.05) is 5.39 Å². The number of hydrogen-bond donors (Lipinski definition) is 0. The first-order chi connectivity index (χ1) is 6.83. The highest BCUT2D eigenvalue weighted by Gasteiger charge is 2.04. The second kappa shape index (κ2) is 3.58. The molecule has 14 heavy (non-hydrogen) atoms. The lowest BCUT2D eigenvalue weighted by Crippen LogP contribution is -1.92. The van der Waals surface area contributed by atoms with Crippen molar-refractivity contribution >= 4 is 16.5 Å². The third-order valence-corrected chi connectivity index (χ3v) is 2.19. The molecule has 0 aliphatic rings. The van der Waals surface area contributed by atoms with E-state index < -0.39 is 0 Å². The van der Waals surface area contributed by atoms with Crippen LogP contribution in [0.15, 0.2) is 36.4 Å². The number of fused-ring (bicyclic) bond motifs is 1. The first-order valence-corrected chi connectivity index (χ1v) is 4.69. The van der Waals surface area contributed by atoms with Gasteiger partial charge in [-0.1, -0.05) is 30.3 Å². The van der Waals surface area contributed by atoms with Crippen molar-refractivity contribution in [2.45, 2.75) is 6.92 Å². The lowest BCUT2D eigenvalue weighted by Gasteiger charge is -2.08. The second-order valence-electron chi connectivity index (χ2n) is 3.09. The molecule has 0 unspecified atom stereocenters. The van der Waals surface area contributed by atoms with Gasteiger partial charge in [0.1, 0.15) is 11.4 Å². The van der Waals surface area contributed by atoms with Crippen molar-refractivity contribution in [1.29, 1.82) is 0 Å². The minimum atomic E-state index is 0.477. The van der Waals surface area contributed by atoms with Gasteiger partial charge in [-0.2, -0.15) is 0 Å². The van der Waals surface area contributed by atoms with Crippen LogP contribution in [0.4, 0.5) is 5.69 Å². The van der Waals surface area contributed by atoms with Gasteiger partial charge in [0.25, 0.3) is 0 Å². The molecule has 0 aliphatic carbocycles. The van der Waals surface area contributed by atoms with Crippen molar-refractivity contribution in [2.75, 3.05) is 6.61 Å². The van der Waals surface area contributed by atoms with Crippen molar-refractivity contribution in [1.82, 2.24) is 5.73 Å². The van der Waals surface area contributed by atoms with Crippen LogP contribution in [0.5, 0.6) is 5.75 Å². The van der Waals surface area contributed by atoms with E-state index in [0.717, 1.165) is 10.8 Å².